The molecule has 0 aliphatic heterocycles. The SMILES string of the molecule is CCCn1cc(C(NCCc2cc(F)ccc2C)c2nnnn2CCCSC)nn1. The molecule has 0 amide bonds. The first-order chi connectivity index (χ1) is 14.6. The van der Waals surface area contributed by atoms with Crippen molar-refractivity contribution >= 4 is 11.8 Å². The number of hydrogen-bond acceptors (Lipinski definition) is 7. The summed E-state index contributed by atoms with van der Waals surface area (Å²) >= 11 is 1.80. The summed E-state index contributed by atoms with van der Waals surface area (Å²) in [5.41, 5.74) is 2.83. The number of nitrogens with zero attached hydrogens (tertiary/aromatic N) is 7. The fraction of sp³-hybridized carbons (Fsp3) is 0.550. The average molecular weight is 433 g/mol. The molecule has 2 aromatic heterocycles. The van der Waals surface area contributed by atoms with Crippen LogP contribution in [-0.4, -0.2) is 53.8 Å². The lowest BCUT2D eigenvalue weighted by atomic mass is 10.1. The molecule has 0 bridgehead atoms. The Morgan fingerprint density at radius 1 is 1.20 bits per heavy atom. The Labute approximate surface area is 180 Å². The van der Waals surface area contributed by atoms with E-state index in [2.05, 4.69) is 44.3 Å². The molecule has 2 heterocycles. The molecule has 0 spiro atoms. The summed E-state index contributed by atoms with van der Waals surface area (Å²) < 4.78 is 17.3. The molecule has 10 heteroatoms. The molecule has 30 heavy (non-hydrogen) atoms. The summed E-state index contributed by atoms with van der Waals surface area (Å²) in [4.78, 5) is 0. The molecule has 3 rings (SSSR count). The highest BCUT2D eigenvalue weighted by Gasteiger charge is 2.24. The monoisotopic (exact) mass is 432 g/mol. The van der Waals surface area contributed by atoms with E-state index in [0.29, 0.717) is 13.0 Å². The number of hydrogen-bond donors (Lipinski definition) is 1. The van der Waals surface area contributed by atoms with Crippen LogP contribution in [0.1, 0.15) is 48.5 Å². The van der Waals surface area contributed by atoms with E-state index in [1.807, 2.05) is 28.6 Å². The van der Waals surface area contributed by atoms with E-state index in [1.54, 1.807) is 17.8 Å². The number of tetrazole rings is 1. The first-order valence-electron chi connectivity index (χ1n) is 10.3. The second kappa shape index (κ2) is 11.2. The Balaban J connectivity index is 1.77. The average Bonchev–Trinajstić information content (AvgIpc) is 3.38. The van der Waals surface area contributed by atoms with Crippen LogP contribution in [0.3, 0.4) is 0 Å². The van der Waals surface area contributed by atoms with E-state index in [-0.39, 0.29) is 11.9 Å². The summed E-state index contributed by atoms with van der Waals surface area (Å²) in [7, 11) is 0. The molecular formula is C20H29FN8S. The highest BCUT2D eigenvalue weighted by Crippen LogP contribution is 2.19. The quantitative estimate of drug-likeness (QED) is 0.440. The van der Waals surface area contributed by atoms with Crippen LogP contribution < -0.4 is 5.32 Å². The maximum absolute atomic E-state index is 13.6. The topological polar surface area (TPSA) is 86.3 Å². The van der Waals surface area contributed by atoms with Crippen LogP contribution in [0.2, 0.25) is 0 Å². The third-order valence-electron chi connectivity index (χ3n) is 4.89. The molecule has 0 aliphatic rings. The lowest BCUT2D eigenvalue weighted by Crippen LogP contribution is -2.28. The number of thioether (sulfide) groups is 1. The fourth-order valence-electron chi connectivity index (χ4n) is 3.31. The van der Waals surface area contributed by atoms with E-state index >= 15 is 0 Å². The molecule has 1 atom stereocenters. The first-order valence-corrected chi connectivity index (χ1v) is 11.6. The van der Waals surface area contributed by atoms with E-state index in [1.165, 1.54) is 6.07 Å². The summed E-state index contributed by atoms with van der Waals surface area (Å²) in [5.74, 6) is 1.55. The van der Waals surface area contributed by atoms with E-state index in [4.69, 9.17) is 0 Å². The number of benzene rings is 1. The van der Waals surface area contributed by atoms with Gasteiger partial charge >= 0.3 is 0 Å². The van der Waals surface area contributed by atoms with Crippen molar-refractivity contribution in [2.75, 3.05) is 18.6 Å². The third-order valence-corrected chi connectivity index (χ3v) is 5.59. The first kappa shape index (κ1) is 22.4. The molecule has 0 saturated carbocycles. The Morgan fingerprint density at radius 2 is 2.07 bits per heavy atom. The molecule has 3 aromatic rings. The van der Waals surface area contributed by atoms with Gasteiger partial charge in [-0.1, -0.05) is 18.2 Å². The fourth-order valence-corrected chi connectivity index (χ4v) is 3.73. The van der Waals surface area contributed by atoms with Crippen LogP contribution in [0, 0.1) is 12.7 Å². The smallest absolute Gasteiger partial charge is 0.174 e. The zero-order chi connectivity index (χ0) is 21.3. The number of rotatable bonds is 12. The van der Waals surface area contributed by atoms with Crippen LogP contribution in [0.5, 0.6) is 0 Å². The Hall–Kier alpha value is -2.33. The summed E-state index contributed by atoms with van der Waals surface area (Å²) in [6.07, 6.45) is 6.68. The van der Waals surface area contributed by atoms with Crippen molar-refractivity contribution < 1.29 is 4.39 Å². The van der Waals surface area contributed by atoms with E-state index < -0.39 is 0 Å². The van der Waals surface area contributed by atoms with Crippen LogP contribution in [-0.2, 0) is 19.5 Å². The predicted molar refractivity (Wildman–Crippen MR) is 116 cm³/mol. The molecular weight excluding hydrogens is 403 g/mol. The van der Waals surface area contributed by atoms with Crippen molar-refractivity contribution in [2.45, 2.75) is 52.2 Å². The van der Waals surface area contributed by atoms with E-state index in [0.717, 1.165) is 54.3 Å². The zero-order valence-corrected chi connectivity index (χ0v) is 18.6. The van der Waals surface area contributed by atoms with Crippen molar-refractivity contribution in [1.82, 2.24) is 40.5 Å². The number of nitrogens with one attached hydrogen (secondary N) is 1. The van der Waals surface area contributed by atoms with Gasteiger partial charge in [0, 0.05) is 19.6 Å². The highest BCUT2D eigenvalue weighted by molar-refractivity contribution is 7.98. The molecule has 1 N–H and O–H groups in total. The van der Waals surface area contributed by atoms with Gasteiger partial charge in [0.05, 0.1) is 6.20 Å². The van der Waals surface area contributed by atoms with Gasteiger partial charge < -0.3 is 5.32 Å². The summed E-state index contributed by atoms with van der Waals surface area (Å²) in [6.45, 7) is 6.28. The van der Waals surface area contributed by atoms with Crippen molar-refractivity contribution in [3.05, 3.63) is 52.9 Å². The van der Waals surface area contributed by atoms with Crippen LogP contribution in [0.25, 0.3) is 0 Å². The van der Waals surface area contributed by atoms with Gasteiger partial charge in [-0.3, -0.25) is 4.68 Å². The van der Waals surface area contributed by atoms with Gasteiger partial charge in [0.15, 0.2) is 5.82 Å². The molecule has 0 fully saturated rings. The second-order valence-electron chi connectivity index (χ2n) is 7.22. The van der Waals surface area contributed by atoms with Crippen molar-refractivity contribution in [3.63, 3.8) is 0 Å². The van der Waals surface area contributed by atoms with Gasteiger partial charge in [0.2, 0.25) is 0 Å². The molecule has 0 radical (unpaired) electrons. The lowest BCUT2D eigenvalue weighted by Gasteiger charge is -2.16. The standard InChI is InChI=1S/C20H29FN8S/c1-4-10-28-14-18(23-26-28)19(20-24-25-27-29(20)11-5-12-30-3)22-9-8-16-13-17(21)7-6-15(16)2/h6-7,13-14,19,22H,4-5,8-12H2,1-3H3. The molecule has 0 saturated heterocycles. The maximum Gasteiger partial charge on any atom is 0.174 e. The summed E-state index contributed by atoms with van der Waals surface area (Å²) in [6, 6.07) is 4.61. The minimum Gasteiger partial charge on any atom is -0.302 e. The maximum atomic E-state index is 13.6. The van der Waals surface area contributed by atoms with Gasteiger partial charge in [-0.15, -0.1) is 10.2 Å². The lowest BCUT2D eigenvalue weighted by molar-refractivity contribution is 0.496. The minimum atomic E-state index is -0.284. The highest BCUT2D eigenvalue weighted by atomic mass is 32.2. The Kier molecular flexibility index (Phi) is 8.32. The van der Waals surface area contributed by atoms with Crippen molar-refractivity contribution in [1.29, 1.82) is 0 Å². The second-order valence-corrected chi connectivity index (χ2v) is 8.21. The van der Waals surface area contributed by atoms with Crippen LogP contribution >= 0.6 is 11.8 Å². The molecule has 0 aliphatic carbocycles. The van der Waals surface area contributed by atoms with Gasteiger partial charge in [-0.25, -0.2) is 9.07 Å². The number of aryl methyl sites for hydroxylation is 3. The van der Waals surface area contributed by atoms with E-state index in [9.17, 15) is 4.39 Å². The predicted octanol–water partition coefficient (Wildman–Crippen LogP) is 2.80. The molecule has 8 nitrogen and oxygen atoms in total. The largest absolute Gasteiger partial charge is 0.302 e. The van der Waals surface area contributed by atoms with Crippen molar-refractivity contribution in [3.8, 4) is 0 Å². The molecule has 1 aromatic carbocycles. The summed E-state index contributed by atoms with van der Waals surface area (Å²) in [5, 5.41) is 24.5. The number of aromatic nitrogens is 7. The zero-order valence-electron chi connectivity index (χ0n) is 17.8. The Morgan fingerprint density at radius 3 is 2.87 bits per heavy atom. The van der Waals surface area contributed by atoms with Gasteiger partial charge in [-0.05, 0) is 71.9 Å². The molecule has 1 unspecified atom stereocenters. The Bertz CT molecular complexity index is 925. The third kappa shape index (κ3) is 5.85. The molecule has 162 valence electrons. The van der Waals surface area contributed by atoms with Crippen LogP contribution in [0.4, 0.5) is 4.39 Å². The van der Waals surface area contributed by atoms with Gasteiger partial charge in [-0.2, -0.15) is 11.8 Å². The van der Waals surface area contributed by atoms with Gasteiger partial charge in [0.25, 0.3) is 0 Å². The minimum absolute atomic E-state index is 0.215. The van der Waals surface area contributed by atoms with Gasteiger partial charge in [0.1, 0.15) is 17.6 Å². The normalized spacial score (nSPS) is 12.4. The van der Waals surface area contributed by atoms with Crippen molar-refractivity contribution in [2.24, 2.45) is 0 Å². The van der Waals surface area contributed by atoms with Crippen LogP contribution in [0.15, 0.2) is 24.4 Å². The number of halogens is 1.